The van der Waals surface area contributed by atoms with Gasteiger partial charge in [-0.2, -0.15) is 0 Å². The van der Waals surface area contributed by atoms with E-state index in [0.717, 1.165) is 32.7 Å². The Kier molecular flexibility index (Phi) is 20.6. The van der Waals surface area contributed by atoms with Gasteiger partial charge in [0.1, 0.15) is 6.10 Å². The van der Waals surface area contributed by atoms with E-state index in [1.54, 1.807) is 0 Å². The fraction of sp³-hybridized carbons (Fsp3) is 1.00. The molecule has 1 saturated heterocycles. The average Bonchev–Trinajstić information content (AvgIpc) is 3.65. The van der Waals surface area contributed by atoms with Crippen LogP contribution < -0.4 is 0 Å². The predicted octanol–water partition coefficient (Wildman–Crippen LogP) is 8.04. The average molecular weight is 487 g/mol. The van der Waals surface area contributed by atoms with Crippen LogP contribution in [0.5, 0.6) is 0 Å². The van der Waals surface area contributed by atoms with Crippen molar-refractivity contribution >= 4 is 0 Å². The second-order valence-electron chi connectivity index (χ2n) is 9.80. The van der Waals surface area contributed by atoms with Gasteiger partial charge in [0.25, 0.3) is 5.97 Å². The second kappa shape index (κ2) is 22.0. The molecule has 1 heterocycles. The fourth-order valence-electron chi connectivity index (χ4n) is 4.79. The van der Waals surface area contributed by atoms with Crippen molar-refractivity contribution in [2.24, 2.45) is 5.92 Å². The number of epoxide rings is 1. The molecule has 1 rings (SSSR count). The lowest BCUT2D eigenvalue weighted by Gasteiger charge is -2.39. The molecule has 0 aliphatic carbocycles. The van der Waals surface area contributed by atoms with Crippen LogP contribution in [0.2, 0.25) is 0 Å². The van der Waals surface area contributed by atoms with E-state index in [1.807, 2.05) is 20.8 Å². The number of rotatable bonds is 27. The lowest BCUT2D eigenvalue weighted by Crippen LogP contribution is -2.46. The molecule has 2 unspecified atom stereocenters. The third-order valence-electron chi connectivity index (χ3n) is 6.74. The number of hydrogen-bond acceptors (Lipinski definition) is 5. The van der Waals surface area contributed by atoms with Gasteiger partial charge in [0.2, 0.25) is 0 Å². The molecule has 0 saturated carbocycles. The molecule has 2 atom stereocenters. The minimum Gasteiger partial charge on any atom is -0.379 e. The summed E-state index contributed by atoms with van der Waals surface area (Å²) >= 11 is 0. The Balaban J connectivity index is 2.28. The van der Waals surface area contributed by atoms with Gasteiger partial charge in [-0.25, -0.2) is 0 Å². The summed E-state index contributed by atoms with van der Waals surface area (Å²) < 4.78 is 29.3. The van der Waals surface area contributed by atoms with Crippen molar-refractivity contribution in [3.8, 4) is 0 Å². The van der Waals surface area contributed by atoms with Gasteiger partial charge < -0.3 is 23.7 Å². The number of ether oxygens (including phenoxy) is 5. The Morgan fingerprint density at radius 2 is 1.09 bits per heavy atom. The van der Waals surface area contributed by atoms with Crippen molar-refractivity contribution in [2.45, 2.75) is 143 Å². The van der Waals surface area contributed by atoms with Crippen molar-refractivity contribution in [1.29, 1.82) is 0 Å². The molecule has 0 N–H and O–H groups in total. The molecule has 0 amide bonds. The van der Waals surface area contributed by atoms with Gasteiger partial charge in [-0.1, -0.05) is 90.4 Å². The summed E-state index contributed by atoms with van der Waals surface area (Å²) in [7, 11) is 0. The minimum atomic E-state index is -0.866. The van der Waals surface area contributed by atoms with E-state index >= 15 is 0 Å². The van der Waals surface area contributed by atoms with Crippen molar-refractivity contribution in [2.75, 3.05) is 39.6 Å². The molecule has 204 valence electrons. The van der Waals surface area contributed by atoms with E-state index in [1.165, 1.54) is 89.9 Å². The molecule has 5 nitrogen and oxygen atoms in total. The van der Waals surface area contributed by atoms with Gasteiger partial charge in [-0.05, 0) is 40.0 Å². The summed E-state index contributed by atoms with van der Waals surface area (Å²) in [6.45, 7) is 12.8. The molecule has 1 aliphatic heterocycles. The maximum atomic E-state index is 6.17. The molecule has 5 heteroatoms. The zero-order chi connectivity index (χ0) is 24.7. The second-order valence-corrected chi connectivity index (χ2v) is 9.80. The van der Waals surface area contributed by atoms with E-state index in [9.17, 15) is 0 Å². The maximum Gasteiger partial charge on any atom is 0.285 e. The van der Waals surface area contributed by atoms with E-state index in [-0.39, 0.29) is 0 Å². The van der Waals surface area contributed by atoms with Gasteiger partial charge in [0.05, 0.1) is 13.2 Å². The highest BCUT2D eigenvalue weighted by atomic mass is 16.9. The first kappa shape index (κ1) is 31.8. The van der Waals surface area contributed by atoms with E-state index in [4.69, 9.17) is 23.7 Å². The van der Waals surface area contributed by atoms with Crippen molar-refractivity contribution < 1.29 is 23.7 Å². The fourth-order valence-corrected chi connectivity index (χ4v) is 4.79. The zero-order valence-corrected chi connectivity index (χ0v) is 23.3. The van der Waals surface area contributed by atoms with Crippen molar-refractivity contribution in [1.82, 2.24) is 0 Å². The molecule has 34 heavy (non-hydrogen) atoms. The molecule has 0 aromatic heterocycles. The highest BCUT2D eigenvalue weighted by Crippen LogP contribution is 2.34. The van der Waals surface area contributed by atoms with Crippen LogP contribution in [0.15, 0.2) is 0 Å². The Labute approximate surface area is 212 Å². The molecular weight excluding hydrogens is 428 g/mol. The Hall–Kier alpha value is -0.200. The monoisotopic (exact) mass is 486 g/mol. The highest BCUT2D eigenvalue weighted by molar-refractivity contribution is 4.73. The first-order valence-electron chi connectivity index (χ1n) is 14.8. The first-order valence-corrected chi connectivity index (χ1v) is 14.8. The maximum absolute atomic E-state index is 6.17. The van der Waals surface area contributed by atoms with Crippen LogP contribution in [0.3, 0.4) is 0 Å². The highest BCUT2D eigenvalue weighted by Gasteiger charge is 2.41. The Bertz CT molecular complexity index is 410. The molecule has 0 aromatic rings. The summed E-state index contributed by atoms with van der Waals surface area (Å²) in [5.74, 6) is -0.561. The van der Waals surface area contributed by atoms with Crippen LogP contribution in [0, 0.1) is 5.92 Å². The van der Waals surface area contributed by atoms with E-state index in [0.29, 0.717) is 31.8 Å². The van der Waals surface area contributed by atoms with Gasteiger partial charge in [-0.15, -0.1) is 0 Å². The zero-order valence-electron chi connectivity index (χ0n) is 23.3. The predicted molar refractivity (Wildman–Crippen MR) is 141 cm³/mol. The summed E-state index contributed by atoms with van der Waals surface area (Å²) in [6, 6.07) is 0. The van der Waals surface area contributed by atoms with Crippen LogP contribution in [-0.2, 0) is 23.7 Å². The van der Waals surface area contributed by atoms with Crippen LogP contribution in [-0.4, -0.2) is 51.7 Å². The summed E-state index contributed by atoms with van der Waals surface area (Å²) in [5, 5.41) is 0. The van der Waals surface area contributed by atoms with Gasteiger partial charge >= 0.3 is 0 Å². The molecule has 0 spiro atoms. The van der Waals surface area contributed by atoms with Crippen LogP contribution in [0.1, 0.15) is 130 Å². The van der Waals surface area contributed by atoms with Crippen LogP contribution >= 0.6 is 0 Å². The number of unbranched alkanes of at least 4 members (excludes halogenated alkanes) is 12. The molecule has 1 aliphatic rings. The van der Waals surface area contributed by atoms with Crippen LogP contribution in [0.4, 0.5) is 0 Å². The first-order chi connectivity index (χ1) is 16.7. The minimum absolute atomic E-state index is 0.305. The standard InChI is InChI=1S/C29H58O5/c1-5-9-10-11-16-19-22-27(29(32-6-2,33-7-3)34-8-4)23-20-17-14-12-13-15-18-21-24-30-25-28-26-31-28/h27-28H,5-26H2,1-4H3. The smallest absolute Gasteiger partial charge is 0.285 e. The SMILES string of the molecule is CCCCCCCCC(CCCCCCCCCCOCC1CO1)C(OCC)(OCC)OCC. The Morgan fingerprint density at radius 1 is 0.647 bits per heavy atom. The van der Waals surface area contributed by atoms with Gasteiger partial charge in [0, 0.05) is 32.3 Å². The largest absolute Gasteiger partial charge is 0.379 e. The van der Waals surface area contributed by atoms with E-state index < -0.39 is 5.97 Å². The topological polar surface area (TPSA) is 49.5 Å². The number of hydrogen-bond donors (Lipinski definition) is 0. The molecule has 0 bridgehead atoms. The summed E-state index contributed by atoms with van der Waals surface area (Å²) in [5.41, 5.74) is 0. The van der Waals surface area contributed by atoms with E-state index in [2.05, 4.69) is 6.92 Å². The summed E-state index contributed by atoms with van der Waals surface area (Å²) in [4.78, 5) is 0. The van der Waals surface area contributed by atoms with Gasteiger partial charge in [0.15, 0.2) is 0 Å². The normalized spacial score (nSPS) is 16.8. The van der Waals surface area contributed by atoms with Crippen molar-refractivity contribution in [3.63, 3.8) is 0 Å². The molecule has 0 aromatic carbocycles. The molecular formula is C29H58O5. The Morgan fingerprint density at radius 3 is 1.53 bits per heavy atom. The van der Waals surface area contributed by atoms with Crippen LogP contribution in [0.25, 0.3) is 0 Å². The molecule has 0 radical (unpaired) electrons. The summed E-state index contributed by atoms with van der Waals surface area (Å²) in [6.07, 6.45) is 20.8. The third-order valence-corrected chi connectivity index (χ3v) is 6.74. The van der Waals surface area contributed by atoms with Crippen molar-refractivity contribution in [3.05, 3.63) is 0 Å². The lowest BCUT2D eigenvalue weighted by molar-refractivity contribution is -0.403. The van der Waals surface area contributed by atoms with Gasteiger partial charge in [-0.3, -0.25) is 0 Å². The quantitative estimate of drug-likeness (QED) is 0.0668. The lowest BCUT2D eigenvalue weighted by atomic mass is 9.91. The molecule has 1 fully saturated rings. The third kappa shape index (κ3) is 15.7.